The highest BCUT2D eigenvalue weighted by Gasteiger charge is 2.33. The van der Waals surface area contributed by atoms with E-state index in [1.165, 1.54) is 4.88 Å². The van der Waals surface area contributed by atoms with Gasteiger partial charge in [-0.1, -0.05) is 0 Å². The van der Waals surface area contributed by atoms with Crippen LogP contribution in [0.5, 0.6) is 0 Å². The highest BCUT2D eigenvalue weighted by atomic mass is 32.1. The molecule has 0 N–H and O–H groups in total. The fourth-order valence-corrected chi connectivity index (χ4v) is 3.57. The summed E-state index contributed by atoms with van der Waals surface area (Å²) in [7, 11) is 0. The van der Waals surface area contributed by atoms with Gasteiger partial charge in [0.25, 0.3) is 0 Å². The van der Waals surface area contributed by atoms with Crippen LogP contribution in [0.25, 0.3) is 10.7 Å². The predicted molar refractivity (Wildman–Crippen MR) is 77.8 cm³/mol. The van der Waals surface area contributed by atoms with Crippen molar-refractivity contribution in [2.45, 2.75) is 32.6 Å². The van der Waals surface area contributed by atoms with Gasteiger partial charge in [-0.2, -0.15) is 0 Å². The van der Waals surface area contributed by atoms with Gasteiger partial charge in [0.05, 0.1) is 18.0 Å². The first-order chi connectivity index (χ1) is 9.69. The number of esters is 1. The molecule has 0 aromatic carbocycles. The highest BCUT2D eigenvalue weighted by Crippen LogP contribution is 2.39. The van der Waals surface area contributed by atoms with Gasteiger partial charge < -0.3 is 4.74 Å². The number of aryl methyl sites for hydroxylation is 2. The molecule has 1 aliphatic carbocycles. The Bertz CT molecular complexity index is 651. The lowest BCUT2D eigenvalue weighted by Gasteiger charge is -2.07. The average Bonchev–Trinajstić information content (AvgIpc) is 2.98. The van der Waals surface area contributed by atoms with E-state index in [0.717, 1.165) is 34.8 Å². The summed E-state index contributed by atoms with van der Waals surface area (Å²) in [6.45, 7) is 4.28. The second-order valence-electron chi connectivity index (χ2n) is 4.89. The fourth-order valence-electron chi connectivity index (χ4n) is 2.46. The first kappa shape index (κ1) is 13.2. The number of rotatable bonds is 3. The summed E-state index contributed by atoms with van der Waals surface area (Å²) in [5.74, 6) is -0.347. The van der Waals surface area contributed by atoms with E-state index in [1.807, 2.05) is 26.0 Å². The Morgan fingerprint density at radius 3 is 3.15 bits per heavy atom. The maximum Gasteiger partial charge on any atom is 0.315 e. The largest absolute Gasteiger partial charge is 0.465 e. The van der Waals surface area contributed by atoms with E-state index in [0.29, 0.717) is 6.61 Å². The molecule has 0 saturated heterocycles. The summed E-state index contributed by atoms with van der Waals surface area (Å²) < 4.78 is 5.13. The molecule has 2 heterocycles. The summed E-state index contributed by atoms with van der Waals surface area (Å²) in [5, 5.41) is 0.896. The van der Waals surface area contributed by atoms with Gasteiger partial charge in [-0.3, -0.25) is 9.78 Å². The topological polar surface area (TPSA) is 52.1 Å². The molecule has 1 aliphatic rings. The number of aromatic nitrogens is 2. The SMILES string of the molecule is CCOC(=O)C1CCc2sc(-c3cc(C)ccn3)nc21. The molecule has 3 rings (SSSR count). The molecule has 20 heavy (non-hydrogen) atoms. The van der Waals surface area contributed by atoms with Crippen LogP contribution >= 0.6 is 11.3 Å². The van der Waals surface area contributed by atoms with Gasteiger partial charge in [0.15, 0.2) is 0 Å². The number of carbonyl (C=O) groups excluding carboxylic acids is 1. The second kappa shape index (κ2) is 5.32. The van der Waals surface area contributed by atoms with Gasteiger partial charge in [-0.25, -0.2) is 4.98 Å². The third kappa shape index (κ3) is 2.33. The van der Waals surface area contributed by atoms with Crippen LogP contribution in [-0.4, -0.2) is 22.5 Å². The lowest BCUT2D eigenvalue weighted by molar-refractivity contribution is -0.145. The molecule has 0 saturated carbocycles. The van der Waals surface area contributed by atoms with Gasteiger partial charge in [-0.15, -0.1) is 11.3 Å². The molecule has 2 aromatic heterocycles. The van der Waals surface area contributed by atoms with Crippen molar-refractivity contribution < 1.29 is 9.53 Å². The molecule has 1 unspecified atom stereocenters. The molecule has 2 aromatic rings. The number of carbonyl (C=O) groups is 1. The lowest BCUT2D eigenvalue weighted by Crippen LogP contribution is -2.14. The molecule has 5 heteroatoms. The van der Waals surface area contributed by atoms with Gasteiger partial charge in [0.2, 0.25) is 0 Å². The molecule has 0 bridgehead atoms. The van der Waals surface area contributed by atoms with Crippen molar-refractivity contribution in [2.75, 3.05) is 6.61 Å². The summed E-state index contributed by atoms with van der Waals surface area (Å²) in [4.78, 5) is 22.1. The Morgan fingerprint density at radius 2 is 2.40 bits per heavy atom. The lowest BCUT2D eigenvalue weighted by atomic mass is 10.1. The summed E-state index contributed by atoms with van der Waals surface area (Å²) in [6, 6.07) is 3.99. The fraction of sp³-hybridized carbons (Fsp3) is 0.400. The van der Waals surface area contributed by atoms with Crippen molar-refractivity contribution in [1.82, 2.24) is 9.97 Å². The zero-order chi connectivity index (χ0) is 14.1. The van der Waals surface area contributed by atoms with Gasteiger partial charge >= 0.3 is 5.97 Å². The van der Waals surface area contributed by atoms with E-state index in [1.54, 1.807) is 17.5 Å². The summed E-state index contributed by atoms with van der Waals surface area (Å²) in [6.07, 6.45) is 3.51. The van der Waals surface area contributed by atoms with E-state index in [9.17, 15) is 4.79 Å². The van der Waals surface area contributed by atoms with E-state index in [2.05, 4.69) is 9.97 Å². The Morgan fingerprint density at radius 1 is 1.55 bits per heavy atom. The molecule has 1 atom stereocenters. The highest BCUT2D eigenvalue weighted by molar-refractivity contribution is 7.15. The van der Waals surface area contributed by atoms with E-state index >= 15 is 0 Å². The van der Waals surface area contributed by atoms with Crippen LogP contribution in [0, 0.1) is 6.92 Å². The van der Waals surface area contributed by atoms with Crippen molar-refractivity contribution in [2.24, 2.45) is 0 Å². The van der Waals surface area contributed by atoms with Crippen LogP contribution in [0.3, 0.4) is 0 Å². The normalized spacial score (nSPS) is 17.0. The van der Waals surface area contributed by atoms with Crippen LogP contribution in [0.2, 0.25) is 0 Å². The van der Waals surface area contributed by atoms with E-state index in [4.69, 9.17) is 4.74 Å². The molecule has 0 aliphatic heterocycles. The number of hydrogen-bond acceptors (Lipinski definition) is 5. The second-order valence-corrected chi connectivity index (χ2v) is 5.97. The Hall–Kier alpha value is -1.75. The van der Waals surface area contributed by atoms with Gasteiger partial charge in [0.1, 0.15) is 10.9 Å². The average molecular weight is 288 g/mol. The van der Waals surface area contributed by atoms with E-state index in [-0.39, 0.29) is 11.9 Å². The van der Waals surface area contributed by atoms with Crippen molar-refractivity contribution in [3.05, 3.63) is 34.5 Å². The van der Waals surface area contributed by atoms with Gasteiger partial charge in [0, 0.05) is 11.1 Å². The first-order valence-electron chi connectivity index (χ1n) is 6.78. The van der Waals surface area contributed by atoms with Crippen LogP contribution in [0.4, 0.5) is 0 Å². The molecule has 4 nitrogen and oxygen atoms in total. The maximum absolute atomic E-state index is 11.9. The quantitative estimate of drug-likeness (QED) is 0.814. The zero-order valence-corrected chi connectivity index (χ0v) is 12.4. The smallest absolute Gasteiger partial charge is 0.315 e. The summed E-state index contributed by atoms with van der Waals surface area (Å²) in [5.41, 5.74) is 2.94. The zero-order valence-electron chi connectivity index (χ0n) is 11.5. The number of hydrogen-bond donors (Lipinski definition) is 0. The minimum Gasteiger partial charge on any atom is -0.465 e. The number of pyridine rings is 1. The van der Waals surface area contributed by atoms with Crippen molar-refractivity contribution in [3.8, 4) is 10.7 Å². The van der Waals surface area contributed by atoms with E-state index < -0.39 is 0 Å². The molecule has 0 spiro atoms. The molecule has 104 valence electrons. The molecule has 0 fully saturated rings. The maximum atomic E-state index is 11.9. The molecule has 0 amide bonds. The van der Waals surface area contributed by atoms with Crippen LogP contribution in [-0.2, 0) is 16.0 Å². The monoisotopic (exact) mass is 288 g/mol. The minimum absolute atomic E-state index is 0.152. The Kier molecular flexibility index (Phi) is 3.53. The first-order valence-corrected chi connectivity index (χ1v) is 7.60. The Balaban J connectivity index is 1.92. The molecular weight excluding hydrogens is 272 g/mol. The van der Waals surface area contributed by atoms with Crippen LogP contribution < -0.4 is 0 Å². The number of nitrogens with zero attached hydrogens (tertiary/aromatic N) is 2. The Labute approximate surface area is 121 Å². The van der Waals surface area contributed by atoms with Crippen molar-refractivity contribution >= 4 is 17.3 Å². The minimum atomic E-state index is -0.195. The summed E-state index contributed by atoms with van der Waals surface area (Å²) >= 11 is 1.64. The number of fused-ring (bicyclic) bond motifs is 1. The van der Waals surface area contributed by atoms with Crippen molar-refractivity contribution in [3.63, 3.8) is 0 Å². The number of thiazole rings is 1. The van der Waals surface area contributed by atoms with Crippen LogP contribution in [0.1, 0.15) is 35.4 Å². The number of ether oxygens (including phenoxy) is 1. The third-order valence-electron chi connectivity index (χ3n) is 3.42. The standard InChI is InChI=1S/C15H16N2O2S/c1-3-19-15(18)10-4-5-12-13(10)17-14(20-12)11-8-9(2)6-7-16-11/h6-8,10H,3-5H2,1-2H3. The third-order valence-corrected chi connectivity index (χ3v) is 4.58. The predicted octanol–water partition coefficient (Wildman–Crippen LogP) is 3.11. The van der Waals surface area contributed by atoms with Gasteiger partial charge in [-0.05, 0) is 44.4 Å². The van der Waals surface area contributed by atoms with Crippen LogP contribution in [0.15, 0.2) is 18.3 Å². The molecular formula is C15H16N2O2S. The van der Waals surface area contributed by atoms with Crippen molar-refractivity contribution in [1.29, 1.82) is 0 Å². The molecule has 0 radical (unpaired) electrons.